The van der Waals surface area contributed by atoms with E-state index < -0.39 is 4.92 Å². The van der Waals surface area contributed by atoms with E-state index >= 15 is 0 Å². The predicted octanol–water partition coefficient (Wildman–Crippen LogP) is 1.65. The first kappa shape index (κ1) is 15.9. The summed E-state index contributed by atoms with van der Waals surface area (Å²) in [4.78, 5) is 35.5. The standard InChI is InChI=1S/C15H19N3O4/c1-11-10-12(5-6-13(11)18(21)22)15(20)16-7-3-9-17-8-2-4-14(17)19/h5-6,10H,2-4,7-9H2,1H3,(H,16,20). The number of hydrogen-bond acceptors (Lipinski definition) is 4. The molecule has 1 heterocycles. The minimum atomic E-state index is -0.468. The van der Waals surface area contributed by atoms with Crippen molar-refractivity contribution in [3.63, 3.8) is 0 Å². The third kappa shape index (κ3) is 3.81. The highest BCUT2D eigenvalue weighted by atomic mass is 16.6. The second-order valence-corrected chi connectivity index (χ2v) is 5.35. The minimum Gasteiger partial charge on any atom is -0.352 e. The van der Waals surface area contributed by atoms with E-state index in [1.807, 2.05) is 4.90 Å². The number of nitro groups is 1. The molecule has 1 aromatic carbocycles. The quantitative estimate of drug-likeness (QED) is 0.491. The number of likely N-dealkylation sites (tertiary alicyclic amines) is 1. The van der Waals surface area contributed by atoms with Crippen molar-refractivity contribution in [2.24, 2.45) is 0 Å². The van der Waals surface area contributed by atoms with Gasteiger partial charge in [-0.3, -0.25) is 19.7 Å². The van der Waals surface area contributed by atoms with E-state index in [9.17, 15) is 19.7 Å². The van der Waals surface area contributed by atoms with Gasteiger partial charge in [-0.25, -0.2) is 0 Å². The molecule has 2 amide bonds. The Kier molecular flexibility index (Phi) is 5.08. The first-order valence-corrected chi connectivity index (χ1v) is 7.30. The zero-order chi connectivity index (χ0) is 16.1. The summed E-state index contributed by atoms with van der Waals surface area (Å²) in [5.41, 5.74) is 0.866. The van der Waals surface area contributed by atoms with Crippen molar-refractivity contribution in [1.82, 2.24) is 10.2 Å². The summed E-state index contributed by atoms with van der Waals surface area (Å²) in [6.07, 6.45) is 2.23. The smallest absolute Gasteiger partial charge is 0.272 e. The van der Waals surface area contributed by atoms with Gasteiger partial charge in [-0.05, 0) is 31.9 Å². The molecule has 7 nitrogen and oxygen atoms in total. The van der Waals surface area contributed by atoms with Gasteiger partial charge in [-0.1, -0.05) is 0 Å². The van der Waals surface area contributed by atoms with Crippen molar-refractivity contribution >= 4 is 17.5 Å². The Morgan fingerprint density at radius 1 is 1.45 bits per heavy atom. The Morgan fingerprint density at radius 3 is 2.82 bits per heavy atom. The van der Waals surface area contributed by atoms with Crippen LogP contribution in [0.25, 0.3) is 0 Å². The van der Waals surface area contributed by atoms with E-state index in [1.54, 1.807) is 6.92 Å². The van der Waals surface area contributed by atoms with Crippen molar-refractivity contribution in [1.29, 1.82) is 0 Å². The molecule has 22 heavy (non-hydrogen) atoms. The van der Waals surface area contributed by atoms with Crippen molar-refractivity contribution in [3.8, 4) is 0 Å². The molecule has 0 aromatic heterocycles. The number of amides is 2. The van der Waals surface area contributed by atoms with E-state index in [0.29, 0.717) is 37.1 Å². The van der Waals surface area contributed by atoms with Gasteiger partial charge in [0.05, 0.1) is 4.92 Å². The monoisotopic (exact) mass is 305 g/mol. The first-order chi connectivity index (χ1) is 10.5. The van der Waals surface area contributed by atoms with Gasteiger partial charge in [0, 0.05) is 43.2 Å². The predicted molar refractivity (Wildman–Crippen MR) is 80.6 cm³/mol. The van der Waals surface area contributed by atoms with Crippen LogP contribution in [0, 0.1) is 17.0 Å². The average Bonchev–Trinajstić information content (AvgIpc) is 2.88. The summed E-state index contributed by atoms with van der Waals surface area (Å²) in [6.45, 7) is 3.53. The number of hydrogen-bond donors (Lipinski definition) is 1. The van der Waals surface area contributed by atoms with Crippen LogP contribution in [-0.4, -0.2) is 41.3 Å². The molecule has 1 aromatic rings. The molecule has 1 saturated heterocycles. The van der Waals surface area contributed by atoms with Gasteiger partial charge in [0.1, 0.15) is 0 Å². The highest BCUT2D eigenvalue weighted by Crippen LogP contribution is 2.18. The third-order valence-electron chi connectivity index (χ3n) is 3.72. The molecular formula is C15H19N3O4. The maximum absolute atomic E-state index is 12.0. The maximum atomic E-state index is 12.0. The van der Waals surface area contributed by atoms with Gasteiger partial charge in [-0.15, -0.1) is 0 Å². The average molecular weight is 305 g/mol. The number of aryl methyl sites for hydroxylation is 1. The summed E-state index contributed by atoms with van der Waals surface area (Å²) in [6, 6.07) is 4.30. The fourth-order valence-corrected chi connectivity index (χ4v) is 2.52. The van der Waals surface area contributed by atoms with Gasteiger partial charge in [0.25, 0.3) is 11.6 Å². The molecule has 1 N–H and O–H groups in total. The van der Waals surface area contributed by atoms with Crippen LogP contribution >= 0.6 is 0 Å². The van der Waals surface area contributed by atoms with Crippen molar-refractivity contribution in [2.75, 3.05) is 19.6 Å². The van der Waals surface area contributed by atoms with E-state index in [2.05, 4.69) is 5.32 Å². The van der Waals surface area contributed by atoms with Gasteiger partial charge < -0.3 is 10.2 Å². The number of nitrogens with one attached hydrogen (secondary N) is 1. The van der Waals surface area contributed by atoms with Crippen LogP contribution in [0.4, 0.5) is 5.69 Å². The molecule has 1 aliphatic heterocycles. The molecule has 0 saturated carbocycles. The lowest BCUT2D eigenvalue weighted by Gasteiger charge is -2.15. The van der Waals surface area contributed by atoms with E-state index in [-0.39, 0.29) is 17.5 Å². The van der Waals surface area contributed by atoms with Gasteiger partial charge in [-0.2, -0.15) is 0 Å². The molecule has 1 fully saturated rings. The molecular weight excluding hydrogens is 286 g/mol. The van der Waals surface area contributed by atoms with Crippen molar-refractivity contribution < 1.29 is 14.5 Å². The lowest BCUT2D eigenvalue weighted by Crippen LogP contribution is -2.30. The molecule has 1 aliphatic rings. The zero-order valence-electron chi connectivity index (χ0n) is 12.5. The Labute approximate surface area is 128 Å². The Bertz CT molecular complexity index is 600. The summed E-state index contributed by atoms with van der Waals surface area (Å²) >= 11 is 0. The van der Waals surface area contributed by atoms with Crippen LogP contribution in [0.1, 0.15) is 35.2 Å². The lowest BCUT2D eigenvalue weighted by molar-refractivity contribution is -0.385. The first-order valence-electron chi connectivity index (χ1n) is 7.30. The van der Waals surface area contributed by atoms with E-state index in [4.69, 9.17) is 0 Å². The number of nitro benzene ring substituents is 1. The van der Waals surface area contributed by atoms with E-state index in [0.717, 1.165) is 13.0 Å². The molecule has 0 atom stereocenters. The minimum absolute atomic E-state index is 0.00379. The van der Waals surface area contributed by atoms with Crippen molar-refractivity contribution in [3.05, 3.63) is 39.4 Å². The number of carbonyl (C=O) groups excluding carboxylic acids is 2. The highest BCUT2D eigenvalue weighted by Gasteiger charge is 2.19. The molecule has 0 spiro atoms. The Balaban J connectivity index is 1.81. The van der Waals surface area contributed by atoms with E-state index in [1.165, 1.54) is 18.2 Å². The fourth-order valence-electron chi connectivity index (χ4n) is 2.52. The largest absolute Gasteiger partial charge is 0.352 e. The molecule has 0 bridgehead atoms. The third-order valence-corrected chi connectivity index (χ3v) is 3.72. The lowest BCUT2D eigenvalue weighted by atomic mass is 10.1. The zero-order valence-corrected chi connectivity index (χ0v) is 12.5. The number of benzene rings is 1. The Morgan fingerprint density at radius 2 is 2.23 bits per heavy atom. The van der Waals surface area contributed by atoms with Crippen LogP contribution in [0.5, 0.6) is 0 Å². The van der Waals surface area contributed by atoms with Crippen LogP contribution < -0.4 is 5.32 Å². The summed E-state index contributed by atoms with van der Waals surface area (Å²) in [5, 5.41) is 13.5. The second-order valence-electron chi connectivity index (χ2n) is 5.35. The fraction of sp³-hybridized carbons (Fsp3) is 0.467. The molecule has 118 valence electrons. The second kappa shape index (κ2) is 7.02. The summed E-state index contributed by atoms with van der Waals surface area (Å²) < 4.78 is 0. The maximum Gasteiger partial charge on any atom is 0.272 e. The van der Waals surface area contributed by atoms with Gasteiger partial charge in [0.2, 0.25) is 5.91 Å². The molecule has 0 unspecified atom stereocenters. The normalized spacial score (nSPS) is 14.2. The molecule has 0 radical (unpaired) electrons. The van der Waals surface area contributed by atoms with Crippen LogP contribution in [-0.2, 0) is 4.79 Å². The molecule has 2 rings (SSSR count). The van der Waals surface area contributed by atoms with Crippen LogP contribution in [0.3, 0.4) is 0 Å². The Hall–Kier alpha value is -2.44. The summed E-state index contributed by atoms with van der Waals surface area (Å²) in [7, 11) is 0. The number of carbonyl (C=O) groups is 2. The molecule has 0 aliphatic carbocycles. The van der Waals surface area contributed by atoms with Gasteiger partial charge >= 0.3 is 0 Å². The topological polar surface area (TPSA) is 92.6 Å². The highest BCUT2D eigenvalue weighted by molar-refractivity contribution is 5.94. The van der Waals surface area contributed by atoms with Crippen LogP contribution in [0.15, 0.2) is 18.2 Å². The summed E-state index contributed by atoms with van der Waals surface area (Å²) in [5.74, 6) is -0.0805. The SMILES string of the molecule is Cc1cc(C(=O)NCCCN2CCCC2=O)ccc1[N+](=O)[O-]. The molecule has 7 heteroatoms. The van der Waals surface area contributed by atoms with Crippen molar-refractivity contribution in [2.45, 2.75) is 26.2 Å². The van der Waals surface area contributed by atoms with Crippen LogP contribution in [0.2, 0.25) is 0 Å². The number of rotatable bonds is 6. The van der Waals surface area contributed by atoms with Gasteiger partial charge in [0.15, 0.2) is 0 Å². The number of nitrogens with zero attached hydrogens (tertiary/aromatic N) is 2.